The molecule has 32 heavy (non-hydrogen) atoms. The zero-order valence-electron chi connectivity index (χ0n) is 17.9. The van der Waals surface area contributed by atoms with Crippen LogP contribution in [0.2, 0.25) is 0 Å². The summed E-state index contributed by atoms with van der Waals surface area (Å²) in [5.41, 5.74) is 2.38. The van der Waals surface area contributed by atoms with E-state index in [4.69, 9.17) is 0 Å². The summed E-state index contributed by atoms with van der Waals surface area (Å²) in [6, 6.07) is 18.3. The van der Waals surface area contributed by atoms with Crippen molar-refractivity contribution < 1.29 is 13.2 Å². The van der Waals surface area contributed by atoms with Crippen molar-refractivity contribution in [1.82, 2.24) is 14.2 Å². The first-order valence-corrected chi connectivity index (χ1v) is 12.1. The highest BCUT2D eigenvalue weighted by Crippen LogP contribution is 2.22. The lowest BCUT2D eigenvalue weighted by Crippen LogP contribution is -2.53. The number of carbonyl (C=O) groups is 1. The van der Waals surface area contributed by atoms with Gasteiger partial charge in [0.05, 0.1) is 17.2 Å². The number of carbonyl (C=O) groups excluding carboxylic acids is 1. The number of nitrogens with one attached hydrogen (secondary N) is 1. The zero-order valence-corrected chi connectivity index (χ0v) is 18.7. The molecule has 3 aromatic rings. The molecule has 1 fully saturated rings. The Hall–Kier alpha value is -3.07. The van der Waals surface area contributed by atoms with E-state index in [2.05, 4.69) is 10.3 Å². The number of amides is 1. The number of piperazine rings is 1. The molecule has 1 N–H and O–H groups in total. The average Bonchev–Trinajstić information content (AvgIpc) is 2.83. The molecule has 0 aliphatic carbocycles. The van der Waals surface area contributed by atoms with E-state index in [0.717, 1.165) is 22.2 Å². The van der Waals surface area contributed by atoms with Gasteiger partial charge in [0.25, 0.3) is 0 Å². The number of hydrogen-bond acceptors (Lipinski definition) is 5. The van der Waals surface area contributed by atoms with Crippen LogP contribution in [-0.4, -0.2) is 60.7 Å². The van der Waals surface area contributed by atoms with Crippen molar-refractivity contribution in [2.75, 3.05) is 31.5 Å². The van der Waals surface area contributed by atoms with Crippen LogP contribution >= 0.6 is 0 Å². The summed E-state index contributed by atoms with van der Waals surface area (Å²) in [5, 5.41) is 5.14. The van der Waals surface area contributed by atoms with E-state index in [0.29, 0.717) is 26.2 Å². The SMILES string of the molecule is CC(C(=O)Nc1cccc2ncccc12)N1CCN(S(=O)(=O)/C=C/c2ccccc2)CC1. The van der Waals surface area contributed by atoms with Gasteiger partial charge in [0.2, 0.25) is 15.9 Å². The quantitative estimate of drug-likeness (QED) is 0.624. The molecule has 2 heterocycles. The van der Waals surface area contributed by atoms with Crippen molar-refractivity contribution in [2.45, 2.75) is 13.0 Å². The first-order chi connectivity index (χ1) is 15.4. The highest BCUT2D eigenvalue weighted by Gasteiger charge is 2.30. The molecule has 0 spiro atoms. The van der Waals surface area contributed by atoms with Gasteiger partial charge in [-0.2, -0.15) is 4.31 Å². The van der Waals surface area contributed by atoms with Crippen LogP contribution in [0.25, 0.3) is 17.0 Å². The Morgan fingerprint density at radius 3 is 2.50 bits per heavy atom. The van der Waals surface area contributed by atoms with Crippen molar-refractivity contribution in [3.05, 3.63) is 77.8 Å². The second kappa shape index (κ2) is 9.60. The van der Waals surface area contributed by atoms with Crippen LogP contribution in [0.1, 0.15) is 12.5 Å². The molecule has 1 aliphatic heterocycles. The molecule has 0 radical (unpaired) electrons. The van der Waals surface area contributed by atoms with Crippen LogP contribution in [0.3, 0.4) is 0 Å². The summed E-state index contributed by atoms with van der Waals surface area (Å²) in [7, 11) is -3.51. The fraction of sp³-hybridized carbons (Fsp3) is 0.250. The van der Waals surface area contributed by atoms with E-state index in [1.165, 1.54) is 9.71 Å². The number of sulfonamides is 1. The molecule has 4 rings (SSSR count). The molecule has 1 atom stereocenters. The summed E-state index contributed by atoms with van der Waals surface area (Å²) in [5.74, 6) is -0.123. The molecule has 8 heteroatoms. The minimum Gasteiger partial charge on any atom is -0.324 e. The van der Waals surface area contributed by atoms with E-state index in [1.807, 2.05) is 72.5 Å². The van der Waals surface area contributed by atoms with Gasteiger partial charge >= 0.3 is 0 Å². The summed E-state index contributed by atoms with van der Waals surface area (Å²) in [4.78, 5) is 19.2. The van der Waals surface area contributed by atoms with Gasteiger partial charge in [-0.3, -0.25) is 14.7 Å². The van der Waals surface area contributed by atoms with Crippen LogP contribution in [0, 0.1) is 0 Å². The second-order valence-corrected chi connectivity index (χ2v) is 9.55. The third-order valence-electron chi connectivity index (χ3n) is 5.70. The molecule has 1 amide bonds. The lowest BCUT2D eigenvalue weighted by atomic mass is 10.1. The topological polar surface area (TPSA) is 82.6 Å². The third-order valence-corrected chi connectivity index (χ3v) is 7.26. The number of hydrogen-bond donors (Lipinski definition) is 1. The fourth-order valence-electron chi connectivity index (χ4n) is 3.78. The Morgan fingerprint density at radius 2 is 1.75 bits per heavy atom. The highest BCUT2D eigenvalue weighted by molar-refractivity contribution is 7.92. The number of pyridine rings is 1. The van der Waals surface area contributed by atoms with E-state index in [1.54, 1.807) is 12.3 Å². The van der Waals surface area contributed by atoms with Crippen molar-refractivity contribution in [2.24, 2.45) is 0 Å². The van der Waals surface area contributed by atoms with Crippen LogP contribution in [0.5, 0.6) is 0 Å². The number of anilines is 1. The first-order valence-electron chi connectivity index (χ1n) is 10.6. The van der Waals surface area contributed by atoms with Gasteiger partial charge in [0.1, 0.15) is 0 Å². The van der Waals surface area contributed by atoms with E-state index >= 15 is 0 Å². The molecule has 2 aromatic carbocycles. The Bertz CT molecular complexity index is 1210. The highest BCUT2D eigenvalue weighted by atomic mass is 32.2. The smallest absolute Gasteiger partial charge is 0.241 e. The molecule has 0 saturated carbocycles. The number of nitrogens with zero attached hydrogens (tertiary/aromatic N) is 3. The number of benzene rings is 2. The summed E-state index contributed by atoms with van der Waals surface area (Å²) < 4.78 is 26.8. The monoisotopic (exact) mass is 450 g/mol. The maximum Gasteiger partial charge on any atom is 0.241 e. The fourth-order valence-corrected chi connectivity index (χ4v) is 4.95. The molecule has 1 aliphatic rings. The lowest BCUT2D eigenvalue weighted by Gasteiger charge is -2.36. The average molecular weight is 451 g/mol. The van der Waals surface area contributed by atoms with Gasteiger partial charge in [-0.05, 0) is 42.8 Å². The molecular formula is C24H26N4O3S. The van der Waals surface area contributed by atoms with Gasteiger partial charge in [-0.25, -0.2) is 8.42 Å². The number of aromatic nitrogens is 1. The first kappa shape index (κ1) is 22.1. The van der Waals surface area contributed by atoms with Crippen molar-refractivity contribution in [3.63, 3.8) is 0 Å². The standard InChI is InChI=1S/C24H26N4O3S/c1-19(24(29)26-23-11-5-10-22-21(23)9-6-13-25-22)27-14-16-28(17-15-27)32(30,31)18-12-20-7-3-2-4-8-20/h2-13,18-19H,14-17H2,1H3,(H,26,29)/b18-12+. The van der Waals surface area contributed by atoms with Crippen molar-refractivity contribution in [1.29, 1.82) is 0 Å². The van der Waals surface area contributed by atoms with Gasteiger partial charge < -0.3 is 5.32 Å². The van der Waals surface area contributed by atoms with E-state index in [9.17, 15) is 13.2 Å². The lowest BCUT2D eigenvalue weighted by molar-refractivity contribution is -0.121. The largest absolute Gasteiger partial charge is 0.324 e. The van der Waals surface area contributed by atoms with Crippen LogP contribution in [-0.2, 0) is 14.8 Å². The van der Waals surface area contributed by atoms with Gasteiger partial charge in [-0.15, -0.1) is 0 Å². The Morgan fingerprint density at radius 1 is 1.00 bits per heavy atom. The predicted molar refractivity (Wildman–Crippen MR) is 127 cm³/mol. The summed E-state index contributed by atoms with van der Waals surface area (Å²) >= 11 is 0. The molecule has 0 bridgehead atoms. The van der Waals surface area contributed by atoms with Crippen molar-refractivity contribution >= 4 is 38.6 Å². The second-order valence-electron chi connectivity index (χ2n) is 7.73. The summed E-state index contributed by atoms with van der Waals surface area (Å²) in [6.45, 7) is 3.51. The molecule has 1 aromatic heterocycles. The number of fused-ring (bicyclic) bond motifs is 1. The molecular weight excluding hydrogens is 424 g/mol. The number of rotatable bonds is 6. The normalized spacial score (nSPS) is 16.9. The van der Waals surface area contributed by atoms with Crippen LogP contribution in [0.4, 0.5) is 5.69 Å². The minimum absolute atomic E-state index is 0.123. The van der Waals surface area contributed by atoms with Crippen LogP contribution < -0.4 is 5.32 Å². The van der Waals surface area contributed by atoms with E-state index < -0.39 is 10.0 Å². The molecule has 1 unspecified atom stereocenters. The van der Waals surface area contributed by atoms with Crippen LogP contribution in [0.15, 0.2) is 72.3 Å². The minimum atomic E-state index is -3.51. The molecule has 1 saturated heterocycles. The Kier molecular flexibility index (Phi) is 6.64. The van der Waals surface area contributed by atoms with Gasteiger partial charge in [0.15, 0.2) is 0 Å². The Labute approximate surface area is 188 Å². The maximum atomic E-state index is 12.9. The molecule has 166 valence electrons. The van der Waals surface area contributed by atoms with E-state index in [-0.39, 0.29) is 11.9 Å². The Balaban J connectivity index is 1.36. The summed E-state index contributed by atoms with van der Waals surface area (Å²) in [6.07, 6.45) is 3.33. The third kappa shape index (κ3) is 5.04. The predicted octanol–water partition coefficient (Wildman–Crippen LogP) is 3.18. The maximum absolute atomic E-state index is 12.9. The zero-order chi connectivity index (χ0) is 22.6. The van der Waals surface area contributed by atoms with Gasteiger partial charge in [0, 0.05) is 43.2 Å². The van der Waals surface area contributed by atoms with Gasteiger partial charge in [-0.1, -0.05) is 36.4 Å². The van der Waals surface area contributed by atoms with Crippen molar-refractivity contribution in [3.8, 4) is 0 Å². The molecule has 7 nitrogen and oxygen atoms in total.